The van der Waals surface area contributed by atoms with E-state index in [0.29, 0.717) is 6.04 Å². The van der Waals surface area contributed by atoms with Crippen molar-refractivity contribution in [3.8, 4) is 0 Å². The molecule has 0 spiro atoms. The van der Waals surface area contributed by atoms with Gasteiger partial charge >= 0.3 is 0 Å². The van der Waals surface area contributed by atoms with Crippen molar-refractivity contribution in [1.82, 2.24) is 20.1 Å². The molecule has 0 aromatic carbocycles. The van der Waals surface area contributed by atoms with Crippen molar-refractivity contribution < 1.29 is 4.42 Å². The largest absolute Gasteiger partial charge is 0.451 e. The summed E-state index contributed by atoms with van der Waals surface area (Å²) in [4.78, 5) is 8.79. The number of aryl methyl sites for hydroxylation is 2. The van der Waals surface area contributed by atoms with Gasteiger partial charge in [0.1, 0.15) is 6.26 Å². The first kappa shape index (κ1) is 12.8. The molecular weight excluding hydrogens is 266 g/mol. The van der Waals surface area contributed by atoms with E-state index < -0.39 is 0 Å². The standard InChI is InChI=1S/C15H19N5O/c1-19(6-12-9-21-10-16-12)13-7-20(8-13)15-5-11-3-2-4-14(11)17-18-15/h5,9-10,13H,2-4,6-8H2,1H3. The van der Waals surface area contributed by atoms with E-state index in [1.54, 1.807) is 6.26 Å². The van der Waals surface area contributed by atoms with Crippen LogP contribution in [0.5, 0.6) is 0 Å². The van der Waals surface area contributed by atoms with Crippen molar-refractivity contribution in [3.05, 3.63) is 35.7 Å². The summed E-state index contributed by atoms with van der Waals surface area (Å²) in [5.41, 5.74) is 3.56. The topological polar surface area (TPSA) is 58.3 Å². The number of hydrogen-bond acceptors (Lipinski definition) is 6. The minimum absolute atomic E-state index is 0.539. The lowest BCUT2D eigenvalue weighted by Gasteiger charge is -2.44. The fourth-order valence-electron chi connectivity index (χ4n) is 3.09. The van der Waals surface area contributed by atoms with Gasteiger partial charge in [-0.1, -0.05) is 0 Å². The van der Waals surface area contributed by atoms with Gasteiger partial charge < -0.3 is 9.32 Å². The Balaban J connectivity index is 1.36. The summed E-state index contributed by atoms with van der Waals surface area (Å²) in [6, 6.07) is 2.76. The molecule has 110 valence electrons. The Morgan fingerprint density at radius 2 is 2.24 bits per heavy atom. The molecule has 2 aromatic rings. The number of anilines is 1. The highest BCUT2D eigenvalue weighted by Crippen LogP contribution is 2.26. The van der Waals surface area contributed by atoms with Crippen molar-refractivity contribution >= 4 is 5.82 Å². The maximum Gasteiger partial charge on any atom is 0.180 e. The Morgan fingerprint density at radius 3 is 3.05 bits per heavy atom. The highest BCUT2D eigenvalue weighted by atomic mass is 16.3. The lowest BCUT2D eigenvalue weighted by atomic mass is 10.1. The molecule has 1 aliphatic carbocycles. The minimum atomic E-state index is 0.539. The molecule has 0 atom stereocenters. The average molecular weight is 285 g/mol. The fourth-order valence-corrected chi connectivity index (χ4v) is 3.09. The Bertz CT molecular complexity index is 621. The average Bonchev–Trinajstić information content (AvgIpc) is 3.07. The van der Waals surface area contributed by atoms with Crippen molar-refractivity contribution in [2.24, 2.45) is 0 Å². The van der Waals surface area contributed by atoms with Gasteiger partial charge in [0.05, 0.1) is 11.4 Å². The summed E-state index contributed by atoms with van der Waals surface area (Å²) in [7, 11) is 2.13. The molecule has 0 N–H and O–H groups in total. The van der Waals surface area contributed by atoms with Crippen LogP contribution in [0.2, 0.25) is 0 Å². The van der Waals surface area contributed by atoms with Gasteiger partial charge in [-0.25, -0.2) is 4.98 Å². The molecule has 1 fully saturated rings. The van der Waals surface area contributed by atoms with Crippen LogP contribution in [0, 0.1) is 0 Å². The zero-order valence-corrected chi connectivity index (χ0v) is 12.2. The normalized spacial score (nSPS) is 18.1. The zero-order chi connectivity index (χ0) is 14.2. The third-order valence-corrected chi connectivity index (χ3v) is 4.51. The smallest absolute Gasteiger partial charge is 0.180 e. The van der Waals surface area contributed by atoms with Gasteiger partial charge in [0, 0.05) is 25.7 Å². The molecule has 1 saturated heterocycles. The van der Waals surface area contributed by atoms with Gasteiger partial charge in [-0.2, -0.15) is 5.10 Å². The quantitative estimate of drug-likeness (QED) is 0.843. The van der Waals surface area contributed by atoms with Gasteiger partial charge in [0.25, 0.3) is 0 Å². The number of rotatable bonds is 4. The highest BCUT2D eigenvalue weighted by Gasteiger charge is 2.32. The Morgan fingerprint density at radius 1 is 1.33 bits per heavy atom. The molecule has 21 heavy (non-hydrogen) atoms. The predicted octanol–water partition coefficient (Wildman–Crippen LogP) is 1.27. The highest BCUT2D eigenvalue weighted by molar-refractivity contribution is 5.45. The molecular formula is C15H19N5O. The van der Waals surface area contributed by atoms with Gasteiger partial charge in [-0.3, -0.25) is 4.90 Å². The van der Waals surface area contributed by atoms with Crippen LogP contribution in [-0.2, 0) is 19.4 Å². The molecule has 1 aliphatic heterocycles. The third-order valence-electron chi connectivity index (χ3n) is 4.51. The summed E-state index contributed by atoms with van der Waals surface area (Å²) in [5, 5.41) is 8.74. The molecule has 4 rings (SSSR count). The predicted molar refractivity (Wildman–Crippen MR) is 78.0 cm³/mol. The molecule has 0 saturated carbocycles. The van der Waals surface area contributed by atoms with Crippen molar-refractivity contribution in [2.75, 3.05) is 25.0 Å². The number of oxazole rings is 1. The Hall–Kier alpha value is -1.95. The van der Waals surface area contributed by atoms with E-state index in [1.807, 2.05) is 0 Å². The first-order valence-corrected chi connectivity index (χ1v) is 7.47. The van der Waals surface area contributed by atoms with E-state index in [2.05, 4.69) is 38.1 Å². The van der Waals surface area contributed by atoms with Crippen molar-refractivity contribution in [1.29, 1.82) is 0 Å². The van der Waals surface area contributed by atoms with Crippen LogP contribution < -0.4 is 4.90 Å². The maximum atomic E-state index is 5.01. The summed E-state index contributed by atoms with van der Waals surface area (Å²) in [6.45, 7) is 2.83. The first-order chi connectivity index (χ1) is 10.3. The number of fused-ring (bicyclic) bond motifs is 1. The van der Waals surface area contributed by atoms with E-state index in [9.17, 15) is 0 Å². The van der Waals surface area contributed by atoms with Crippen LogP contribution in [0.3, 0.4) is 0 Å². The van der Waals surface area contributed by atoms with E-state index in [-0.39, 0.29) is 0 Å². The first-order valence-electron chi connectivity index (χ1n) is 7.47. The van der Waals surface area contributed by atoms with Crippen LogP contribution in [0.4, 0.5) is 5.82 Å². The van der Waals surface area contributed by atoms with Crippen LogP contribution in [-0.4, -0.2) is 46.3 Å². The Kier molecular flexibility index (Phi) is 3.11. The second kappa shape index (κ2) is 5.11. The molecule has 3 heterocycles. The lowest BCUT2D eigenvalue weighted by Crippen LogP contribution is -2.58. The van der Waals surface area contributed by atoms with Crippen LogP contribution in [0.1, 0.15) is 23.4 Å². The number of hydrogen-bond donors (Lipinski definition) is 0. The molecule has 0 amide bonds. The van der Waals surface area contributed by atoms with Gasteiger partial charge in [0.15, 0.2) is 12.2 Å². The molecule has 0 radical (unpaired) electrons. The third kappa shape index (κ3) is 2.40. The van der Waals surface area contributed by atoms with Gasteiger partial charge in [-0.15, -0.1) is 5.10 Å². The lowest BCUT2D eigenvalue weighted by molar-refractivity contribution is 0.194. The van der Waals surface area contributed by atoms with Crippen molar-refractivity contribution in [3.63, 3.8) is 0 Å². The molecule has 0 unspecified atom stereocenters. The number of likely N-dealkylation sites (N-methyl/N-ethyl adjacent to an activating group) is 1. The number of nitrogens with zero attached hydrogens (tertiary/aromatic N) is 5. The number of aromatic nitrogens is 3. The fraction of sp³-hybridized carbons (Fsp3) is 0.533. The van der Waals surface area contributed by atoms with Crippen LogP contribution in [0.15, 0.2) is 23.1 Å². The summed E-state index contributed by atoms with van der Waals surface area (Å²) >= 11 is 0. The summed E-state index contributed by atoms with van der Waals surface area (Å²) in [5.74, 6) is 1.03. The molecule has 6 nitrogen and oxygen atoms in total. The summed E-state index contributed by atoms with van der Waals surface area (Å²) < 4.78 is 5.01. The second-order valence-corrected chi connectivity index (χ2v) is 5.98. The minimum Gasteiger partial charge on any atom is -0.451 e. The van der Waals surface area contributed by atoms with E-state index in [4.69, 9.17) is 4.42 Å². The van der Waals surface area contributed by atoms with E-state index in [1.165, 1.54) is 24.1 Å². The van der Waals surface area contributed by atoms with E-state index in [0.717, 1.165) is 44.0 Å². The van der Waals surface area contributed by atoms with Crippen LogP contribution >= 0.6 is 0 Å². The maximum absolute atomic E-state index is 5.01. The van der Waals surface area contributed by atoms with Crippen LogP contribution in [0.25, 0.3) is 0 Å². The van der Waals surface area contributed by atoms with Crippen molar-refractivity contribution in [2.45, 2.75) is 31.8 Å². The molecule has 2 aromatic heterocycles. The van der Waals surface area contributed by atoms with Gasteiger partial charge in [0.2, 0.25) is 0 Å². The second-order valence-electron chi connectivity index (χ2n) is 5.98. The molecule has 2 aliphatic rings. The zero-order valence-electron chi connectivity index (χ0n) is 12.2. The van der Waals surface area contributed by atoms with E-state index >= 15 is 0 Å². The SMILES string of the molecule is CN(Cc1cocn1)C1CN(c2cc3c(nn2)CCC3)C1. The Labute approximate surface area is 123 Å². The molecule has 0 bridgehead atoms. The summed E-state index contributed by atoms with van der Waals surface area (Å²) in [6.07, 6.45) is 6.65. The monoisotopic (exact) mass is 285 g/mol. The molecule has 6 heteroatoms. The van der Waals surface area contributed by atoms with Gasteiger partial charge in [-0.05, 0) is 37.9 Å².